The summed E-state index contributed by atoms with van der Waals surface area (Å²) in [5.41, 5.74) is 0.892. The Morgan fingerprint density at radius 2 is 2.14 bits per heavy atom. The van der Waals surface area contributed by atoms with Crippen molar-refractivity contribution in [2.45, 2.75) is 6.04 Å². The van der Waals surface area contributed by atoms with Gasteiger partial charge in [-0.25, -0.2) is 0 Å². The molecule has 5 nitrogen and oxygen atoms in total. The quantitative estimate of drug-likeness (QED) is 0.704. The lowest BCUT2D eigenvalue weighted by Crippen LogP contribution is -3.07. The Kier molecular flexibility index (Phi) is 5.80. The lowest BCUT2D eigenvalue weighted by Gasteiger charge is -2.20. The molecule has 0 spiro atoms. The van der Waals surface area contributed by atoms with Crippen LogP contribution < -0.4 is 20.3 Å². The number of hydrogen-bond donors (Lipinski definition) is 3. The van der Waals surface area contributed by atoms with Gasteiger partial charge >= 0.3 is 0 Å². The summed E-state index contributed by atoms with van der Waals surface area (Å²) in [5.74, 6) is 1.73. The van der Waals surface area contributed by atoms with Gasteiger partial charge in [-0.1, -0.05) is 6.07 Å². The molecule has 6 heteroatoms. The lowest BCUT2D eigenvalue weighted by atomic mass is 10.2. The van der Waals surface area contributed by atoms with Crippen LogP contribution in [0.4, 0.5) is 5.69 Å². The minimum atomic E-state index is 0.194. The van der Waals surface area contributed by atoms with Crippen LogP contribution in [0.25, 0.3) is 0 Å². The Bertz CT molecular complexity index is 599. The van der Waals surface area contributed by atoms with Crippen LogP contribution in [0.1, 0.15) is 11.8 Å². The minimum absolute atomic E-state index is 0.194. The van der Waals surface area contributed by atoms with Crippen molar-refractivity contribution in [1.82, 2.24) is 5.32 Å². The number of likely N-dealkylation sites (N-methyl/N-ethyl adjacent to an activating group) is 1. The Morgan fingerprint density at radius 3 is 2.77 bits per heavy atom. The van der Waals surface area contributed by atoms with Crippen LogP contribution in [-0.4, -0.2) is 32.9 Å². The van der Waals surface area contributed by atoms with Crippen LogP contribution in [0.2, 0.25) is 0 Å². The van der Waals surface area contributed by atoms with Crippen molar-refractivity contribution in [2.24, 2.45) is 0 Å². The maximum Gasteiger partial charge on any atom is 0.171 e. The van der Waals surface area contributed by atoms with E-state index in [2.05, 4.69) is 24.7 Å². The molecule has 0 aliphatic carbocycles. The van der Waals surface area contributed by atoms with Crippen molar-refractivity contribution in [3.63, 3.8) is 0 Å². The first-order valence-electron chi connectivity index (χ1n) is 7.12. The maximum absolute atomic E-state index is 5.50. The van der Waals surface area contributed by atoms with E-state index in [0.29, 0.717) is 11.7 Å². The fourth-order valence-corrected chi connectivity index (χ4v) is 2.35. The summed E-state index contributed by atoms with van der Waals surface area (Å²) in [6.45, 7) is 0.686. The molecular weight excluding hydrogens is 298 g/mol. The van der Waals surface area contributed by atoms with Crippen molar-refractivity contribution in [2.75, 3.05) is 33.1 Å². The Morgan fingerprint density at radius 1 is 1.32 bits per heavy atom. The van der Waals surface area contributed by atoms with Crippen molar-refractivity contribution in [3.05, 3.63) is 48.4 Å². The molecule has 0 aliphatic rings. The maximum atomic E-state index is 5.50. The second-order valence-corrected chi connectivity index (χ2v) is 5.62. The summed E-state index contributed by atoms with van der Waals surface area (Å²) in [5, 5.41) is 6.97. The molecule has 3 N–H and O–H groups in total. The number of furan rings is 1. The largest absolute Gasteiger partial charge is 0.497 e. The van der Waals surface area contributed by atoms with Gasteiger partial charge in [-0.3, -0.25) is 0 Å². The predicted molar refractivity (Wildman–Crippen MR) is 91.5 cm³/mol. The molecular formula is C16H22N3O2S+. The number of nitrogens with one attached hydrogen (secondary N) is 3. The van der Waals surface area contributed by atoms with E-state index in [4.69, 9.17) is 21.4 Å². The normalized spacial score (nSPS) is 12.0. The Balaban J connectivity index is 1.91. The molecule has 0 fully saturated rings. The molecule has 2 rings (SSSR count). The number of thiocarbonyl (C=S) groups is 1. The standard InChI is InChI=1S/C16H21N3O2S/c1-19(2)14(15-8-5-9-21-15)11-17-16(22)18-12-6-4-7-13(10-12)20-3/h4-10,14H,11H2,1-3H3,(H2,17,18,22)/p+1/t14-/m1/s1. The molecule has 118 valence electrons. The van der Waals surface area contributed by atoms with E-state index in [0.717, 1.165) is 17.2 Å². The van der Waals surface area contributed by atoms with Crippen molar-refractivity contribution in [1.29, 1.82) is 0 Å². The van der Waals surface area contributed by atoms with E-state index in [1.807, 2.05) is 36.4 Å². The monoisotopic (exact) mass is 320 g/mol. The number of rotatable bonds is 6. The van der Waals surface area contributed by atoms with Gasteiger partial charge in [0.15, 0.2) is 16.9 Å². The molecule has 0 amide bonds. The average Bonchev–Trinajstić information content (AvgIpc) is 3.01. The van der Waals surface area contributed by atoms with Crippen LogP contribution in [0, 0.1) is 0 Å². The molecule has 0 radical (unpaired) electrons. The second kappa shape index (κ2) is 7.82. The zero-order valence-corrected chi connectivity index (χ0v) is 13.9. The lowest BCUT2D eigenvalue weighted by molar-refractivity contribution is -0.891. The van der Waals surface area contributed by atoms with Crippen LogP contribution in [0.15, 0.2) is 47.1 Å². The second-order valence-electron chi connectivity index (χ2n) is 5.21. The topological polar surface area (TPSA) is 50.9 Å². The molecule has 0 bridgehead atoms. The fraction of sp³-hybridized carbons (Fsp3) is 0.312. The SMILES string of the molecule is COc1cccc(NC(=S)NC[C@H](c2ccco2)[NH+](C)C)c1. The number of anilines is 1. The van der Waals surface area contributed by atoms with Gasteiger partial charge in [0.05, 0.1) is 34.0 Å². The highest BCUT2D eigenvalue weighted by atomic mass is 32.1. The third kappa shape index (κ3) is 4.47. The molecule has 0 aliphatic heterocycles. The van der Waals surface area contributed by atoms with Gasteiger partial charge in [0.1, 0.15) is 5.75 Å². The first kappa shape index (κ1) is 16.3. The van der Waals surface area contributed by atoms with Gasteiger partial charge in [0.25, 0.3) is 0 Å². The van der Waals surface area contributed by atoms with Crippen LogP contribution in [0.5, 0.6) is 5.75 Å². The molecule has 1 atom stereocenters. The highest BCUT2D eigenvalue weighted by Crippen LogP contribution is 2.16. The Hall–Kier alpha value is -2.05. The third-order valence-electron chi connectivity index (χ3n) is 3.38. The van der Waals surface area contributed by atoms with E-state index < -0.39 is 0 Å². The summed E-state index contributed by atoms with van der Waals surface area (Å²) in [6, 6.07) is 11.7. The first-order chi connectivity index (χ1) is 10.6. The van der Waals surface area contributed by atoms with E-state index in [-0.39, 0.29) is 6.04 Å². The highest BCUT2D eigenvalue weighted by Gasteiger charge is 2.20. The molecule has 22 heavy (non-hydrogen) atoms. The van der Waals surface area contributed by atoms with E-state index >= 15 is 0 Å². The molecule has 2 aromatic rings. The summed E-state index contributed by atoms with van der Waals surface area (Å²) in [7, 11) is 5.82. The number of hydrogen-bond acceptors (Lipinski definition) is 3. The first-order valence-corrected chi connectivity index (χ1v) is 7.53. The van der Waals surface area contributed by atoms with Crippen molar-refractivity contribution in [3.8, 4) is 5.75 Å². The molecule has 1 heterocycles. The Labute approximate surface area is 136 Å². The predicted octanol–water partition coefficient (Wildman–Crippen LogP) is 1.46. The number of quaternary nitrogens is 1. The van der Waals surface area contributed by atoms with Gasteiger partial charge in [-0.2, -0.15) is 0 Å². The van der Waals surface area contributed by atoms with Crippen molar-refractivity contribution >= 4 is 23.0 Å². The summed E-state index contributed by atoms with van der Waals surface area (Å²) >= 11 is 5.35. The zero-order valence-electron chi connectivity index (χ0n) is 13.1. The van der Waals surface area contributed by atoms with Gasteiger partial charge in [0, 0.05) is 11.8 Å². The van der Waals surface area contributed by atoms with Crippen LogP contribution in [0.3, 0.4) is 0 Å². The number of ether oxygens (including phenoxy) is 1. The van der Waals surface area contributed by atoms with Crippen LogP contribution in [-0.2, 0) is 0 Å². The molecule has 0 unspecified atom stereocenters. The van der Waals surface area contributed by atoms with Crippen molar-refractivity contribution < 1.29 is 14.1 Å². The van der Waals surface area contributed by atoms with E-state index in [9.17, 15) is 0 Å². The van der Waals surface area contributed by atoms with Gasteiger partial charge in [-0.05, 0) is 36.5 Å². The third-order valence-corrected chi connectivity index (χ3v) is 3.62. The summed E-state index contributed by atoms with van der Waals surface area (Å²) in [4.78, 5) is 1.27. The minimum Gasteiger partial charge on any atom is -0.497 e. The molecule has 1 aromatic carbocycles. The molecule has 0 saturated heterocycles. The van der Waals surface area contributed by atoms with Crippen LogP contribution >= 0.6 is 12.2 Å². The van der Waals surface area contributed by atoms with Gasteiger partial charge in [-0.15, -0.1) is 0 Å². The smallest absolute Gasteiger partial charge is 0.171 e. The number of methoxy groups -OCH3 is 1. The fourth-order valence-electron chi connectivity index (χ4n) is 2.15. The van der Waals surface area contributed by atoms with Gasteiger partial charge in [0.2, 0.25) is 0 Å². The zero-order chi connectivity index (χ0) is 15.9. The van der Waals surface area contributed by atoms with E-state index in [1.54, 1.807) is 13.4 Å². The molecule has 0 saturated carbocycles. The van der Waals surface area contributed by atoms with Gasteiger partial charge < -0.3 is 24.7 Å². The molecule has 1 aromatic heterocycles. The summed E-state index contributed by atoms with van der Waals surface area (Å²) in [6.07, 6.45) is 1.69. The average molecular weight is 320 g/mol. The highest BCUT2D eigenvalue weighted by molar-refractivity contribution is 7.80. The van der Waals surface area contributed by atoms with E-state index in [1.165, 1.54) is 4.90 Å². The number of benzene rings is 1. The summed E-state index contributed by atoms with van der Waals surface area (Å²) < 4.78 is 10.7.